The molecule has 0 unspecified atom stereocenters. The van der Waals surface area contributed by atoms with Gasteiger partial charge in [0.05, 0.1) is 0 Å². The third-order valence-corrected chi connectivity index (χ3v) is 10.7. The van der Waals surface area contributed by atoms with Gasteiger partial charge < -0.3 is 13.7 Å². The molecule has 2 heterocycles. The number of aromatic nitrogens is 1. The van der Waals surface area contributed by atoms with E-state index in [9.17, 15) is 0 Å². The zero-order valence-electron chi connectivity index (χ0n) is 29.7. The Morgan fingerprint density at radius 1 is 0.345 bits per heavy atom. The Morgan fingerprint density at radius 2 is 0.909 bits per heavy atom. The summed E-state index contributed by atoms with van der Waals surface area (Å²) in [7, 11) is 0. The van der Waals surface area contributed by atoms with Gasteiger partial charge in [0.15, 0.2) is 5.58 Å². The van der Waals surface area contributed by atoms with Crippen LogP contribution in [0.5, 0.6) is 0 Å². The van der Waals surface area contributed by atoms with Crippen LogP contribution in [0.25, 0.3) is 88.3 Å². The number of rotatable bonds is 6. The van der Waals surface area contributed by atoms with E-state index in [1.807, 2.05) is 12.1 Å². The Bertz CT molecular complexity index is 3140. The molecule has 0 saturated carbocycles. The van der Waals surface area contributed by atoms with E-state index in [4.69, 9.17) is 13.8 Å². The summed E-state index contributed by atoms with van der Waals surface area (Å²) >= 11 is 0. The average molecular weight is 705 g/mol. The zero-order valence-corrected chi connectivity index (χ0v) is 29.7. The molecule has 11 aromatic rings. The summed E-state index contributed by atoms with van der Waals surface area (Å²) in [5.41, 5.74) is 12.1. The first-order chi connectivity index (χ1) is 27.3. The van der Waals surface area contributed by atoms with Crippen LogP contribution in [0.2, 0.25) is 0 Å². The van der Waals surface area contributed by atoms with Gasteiger partial charge in [-0.15, -0.1) is 0 Å². The van der Waals surface area contributed by atoms with Crippen LogP contribution in [0.4, 0.5) is 17.1 Å². The third-order valence-electron chi connectivity index (χ3n) is 10.7. The molecule has 9 aromatic carbocycles. The van der Waals surface area contributed by atoms with E-state index in [0.29, 0.717) is 5.89 Å². The molecule has 0 saturated heterocycles. The first-order valence-corrected chi connectivity index (χ1v) is 18.5. The highest BCUT2D eigenvalue weighted by Crippen LogP contribution is 2.42. The molecule has 0 aliphatic heterocycles. The summed E-state index contributed by atoms with van der Waals surface area (Å²) in [5, 5.41) is 6.63. The summed E-state index contributed by atoms with van der Waals surface area (Å²) in [6.07, 6.45) is 0. The van der Waals surface area contributed by atoms with Crippen molar-refractivity contribution in [2.45, 2.75) is 0 Å². The van der Waals surface area contributed by atoms with Crippen LogP contribution >= 0.6 is 0 Å². The van der Waals surface area contributed by atoms with Crippen molar-refractivity contribution in [2.75, 3.05) is 4.90 Å². The number of anilines is 3. The highest BCUT2D eigenvalue weighted by Gasteiger charge is 2.20. The molecule has 0 fully saturated rings. The number of furan rings is 1. The van der Waals surface area contributed by atoms with Crippen molar-refractivity contribution in [1.82, 2.24) is 4.98 Å². The number of fused-ring (bicyclic) bond motifs is 9. The Morgan fingerprint density at radius 3 is 1.69 bits per heavy atom. The van der Waals surface area contributed by atoms with Crippen molar-refractivity contribution in [3.8, 4) is 33.7 Å². The molecular formula is C51H32N2O2. The molecule has 4 heteroatoms. The fourth-order valence-corrected chi connectivity index (χ4v) is 8.12. The van der Waals surface area contributed by atoms with Gasteiger partial charge in [0.25, 0.3) is 0 Å². The molecule has 11 rings (SSSR count). The smallest absolute Gasteiger partial charge is 0.227 e. The monoisotopic (exact) mass is 704 g/mol. The summed E-state index contributed by atoms with van der Waals surface area (Å²) in [5.74, 6) is 0.586. The van der Waals surface area contributed by atoms with Gasteiger partial charge in [-0.2, -0.15) is 0 Å². The predicted octanol–water partition coefficient (Wildman–Crippen LogP) is 14.5. The number of hydrogen-bond donors (Lipinski definition) is 0. The van der Waals surface area contributed by atoms with Gasteiger partial charge in [-0.1, -0.05) is 140 Å². The fraction of sp³-hybridized carbons (Fsp3) is 0. The highest BCUT2D eigenvalue weighted by atomic mass is 16.3. The highest BCUT2D eigenvalue weighted by molar-refractivity contribution is 6.22. The van der Waals surface area contributed by atoms with Gasteiger partial charge in [-0.25, -0.2) is 4.98 Å². The molecule has 0 radical (unpaired) electrons. The first kappa shape index (κ1) is 31.1. The molecule has 0 aliphatic rings. The molecule has 0 bridgehead atoms. The lowest BCUT2D eigenvalue weighted by atomic mass is 9.94. The van der Waals surface area contributed by atoms with E-state index in [0.717, 1.165) is 77.4 Å². The number of hydrogen-bond acceptors (Lipinski definition) is 4. The SMILES string of the molecule is c1ccc(-c2ccccc2-c2ccc(N(c3cccc(-c4nc5c6ccccc6c6ccccc6c5o4)c3)c3ccc4oc5ccccc5c4c3)cc2)cc1. The molecule has 258 valence electrons. The molecule has 2 aromatic heterocycles. The third kappa shape index (κ3) is 5.19. The van der Waals surface area contributed by atoms with E-state index in [-0.39, 0.29) is 0 Å². The number of benzene rings is 9. The van der Waals surface area contributed by atoms with Crippen LogP contribution in [0.1, 0.15) is 0 Å². The number of oxazole rings is 1. The first-order valence-electron chi connectivity index (χ1n) is 18.5. The van der Waals surface area contributed by atoms with Gasteiger partial charge in [-0.3, -0.25) is 0 Å². The summed E-state index contributed by atoms with van der Waals surface area (Å²) in [6, 6.07) is 68.0. The quantitative estimate of drug-likeness (QED) is 0.162. The van der Waals surface area contributed by atoms with E-state index < -0.39 is 0 Å². The molecule has 0 aliphatic carbocycles. The zero-order chi connectivity index (χ0) is 36.3. The van der Waals surface area contributed by atoms with Crippen molar-refractivity contribution in [1.29, 1.82) is 0 Å². The van der Waals surface area contributed by atoms with Gasteiger partial charge in [-0.05, 0) is 87.6 Å². The van der Waals surface area contributed by atoms with Gasteiger partial charge >= 0.3 is 0 Å². The van der Waals surface area contributed by atoms with Gasteiger partial charge in [0, 0.05) is 44.2 Å². The molecular weight excluding hydrogens is 673 g/mol. The lowest BCUT2D eigenvalue weighted by Gasteiger charge is -2.26. The molecule has 0 atom stereocenters. The number of para-hydroxylation sites is 1. The van der Waals surface area contributed by atoms with Crippen LogP contribution in [-0.2, 0) is 0 Å². The minimum atomic E-state index is 0.586. The van der Waals surface area contributed by atoms with Crippen LogP contribution in [0.3, 0.4) is 0 Å². The largest absolute Gasteiger partial charge is 0.456 e. The van der Waals surface area contributed by atoms with Crippen LogP contribution in [-0.4, -0.2) is 4.98 Å². The van der Waals surface area contributed by atoms with Crippen molar-refractivity contribution >= 4 is 71.6 Å². The van der Waals surface area contributed by atoms with Crippen molar-refractivity contribution in [2.24, 2.45) is 0 Å². The molecule has 0 amide bonds. The van der Waals surface area contributed by atoms with E-state index in [1.165, 1.54) is 22.1 Å². The maximum absolute atomic E-state index is 6.69. The van der Waals surface area contributed by atoms with Crippen molar-refractivity contribution < 1.29 is 8.83 Å². The normalized spacial score (nSPS) is 11.6. The summed E-state index contributed by atoms with van der Waals surface area (Å²) < 4.78 is 12.9. The molecule has 4 nitrogen and oxygen atoms in total. The standard InChI is InChI=1S/C51H32N2O2/c1-2-13-33(14-3-1)39-17-4-5-18-40(39)34-25-27-36(28-26-34)53(38-29-30-48-46(32-38)43-21-10-11-24-47(43)54-48)37-16-12-15-35(31-37)51-52-49-44-22-8-6-19-41(44)42-20-7-9-23-45(42)50(49)55-51/h1-32H. The Kier molecular flexibility index (Phi) is 7.14. The molecule has 0 spiro atoms. The maximum Gasteiger partial charge on any atom is 0.227 e. The lowest BCUT2D eigenvalue weighted by Crippen LogP contribution is -2.10. The average Bonchev–Trinajstić information content (AvgIpc) is 3.88. The minimum Gasteiger partial charge on any atom is -0.456 e. The van der Waals surface area contributed by atoms with Gasteiger partial charge in [0.2, 0.25) is 5.89 Å². The van der Waals surface area contributed by atoms with Crippen LogP contribution in [0, 0.1) is 0 Å². The minimum absolute atomic E-state index is 0.586. The predicted molar refractivity (Wildman–Crippen MR) is 227 cm³/mol. The second-order valence-electron chi connectivity index (χ2n) is 13.9. The van der Waals surface area contributed by atoms with Crippen molar-refractivity contribution in [3.63, 3.8) is 0 Å². The van der Waals surface area contributed by atoms with Crippen LogP contribution < -0.4 is 4.90 Å². The Labute approximate surface area is 317 Å². The summed E-state index contributed by atoms with van der Waals surface area (Å²) in [4.78, 5) is 7.45. The number of nitrogens with zero attached hydrogens (tertiary/aromatic N) is 2. The van der Waals surface area contributed by atoms with Crippen molar-refractivity contribution in [3.05, 3.63) is 194 Å². The van der Waals surface area contributed by atoms with Gasteiger partial charge in [0.1, 0.15) is 16.7 Å². The lowest BCUT2D eigenvalue weighted by molar-refractivity contribution is 0.623. The molecule has 0 N–H and O–H groups in total. The topological polar surface area (TPSA) is 42.4 Å². The van der Waals surface area contributed by atoms with E-state index >= 15 is 0 Å². The second-order valence-corrected chi connectivity index (χ2v) is 13.9. The Hall–Kier alpha value is -7.43. The molecule has 55 heavy (non-hydrogen) atoms. The van der Waals surface area contributed by atoms with Crippen LogP contribution in [0.15, 0.2) is 203 Å². The fourth-order valence-electron chi connectivity index (χ4n) is 8.12. The maximum atomic E-state index is 6.69. The summed E-state index contributed by atoms with van der Waals surface area (Å²) in [6.45, 7) is 0. The second kappa shape index (κ2) is 12.6. The van der Waals surface area contributed by atoms with E-state index in [1.54, 1.807) is 0 Å². The van der Waals surface area contributed by atoms with E-state index in [2.05, 4.69) is 187 Å². The Balaban J connectivity index is 1.07.